The Balaban J connectivity index is 1.79. The predicted molar refractivity (Wildman–Crippen MR) is 105 cm³/mol. The van der Waals surface area contributed by atoms with Gasteiger partial charge < -0.3 is 14.2 Å². The van der Waals surface area contributed by atoms with E-state index in [4.69, 9.17) is 14.2 Å². The van der Waals surface area contributed by atoms with Crippen LogP contribution in [0.5, 0.6) is 11.5 Å². The van der Waals surface area contributed by atoms with Crippen LogP contribution in [0.25, 0.3) is 0 Å². The first-order valence-corrected chi connectivity index (χ1v) is 8.95. The van der Waals surface area contributed by atoms with Gasteiger partial charge in [0.2, 0.25) is 0 Å². The normalized spacial score (nSPS) is 17.1. The molecule has 1 aromatic carbocycles. The highest BCUT2D eigenvalue weighted by atomic mass is 16.6. The minimum Gasteiger partial charge on any atom is -0.497 e. The standard InChI is InChI=1S/C21H21N3O4/c1-3-13-27-20-14-15(10-11-16(20)17-7-6-12-22-24-17)23-21(25)28-19-9-5-4-8-18(19)26-2/h4-12,14,16H,3,13H2,1-2H3/b23-15+. The van der Waals surface area contributed by atoms with E-state index < -0.39 is 6.09 Å². The van der Waals surface area contributed by atoms with Gasteiger partial charge in [-0.05, 0) is 36.8 Å². The number of hydrogen-bond acceptors (Lipinski definition) is 6. The number of allylic oxidation sites excluding steroid dienone is 3. The smallest absolute Gasteiger partial charge is 0.439 e. The molecule has 0 N–H and O–H groups in total. The van der Waals surface area contributed by atoms with Crippen molar-refractivity contribution in [2.45, 2.75) is 19.3 Å². The highest BCUT2D eigenvalue weighted by Gasteiger charge is 2.21. The zero-order valence-corrected chi connectivity index (χ0v) is 15.7. The van der Waals surface area contributed by atoms with Gasteiger partial charge in [0.15, 0.2) is 11.5 Å². The van der Waals surface area contributed by atoms with Crippen molar-refractivity contribution in [1.29, 1.82) is 0 Å². The molecule has 7 nitrogen and oxygen atoms in total. The van der Waals surface area contributed by atoms with Crippen molar-refractivity contribution < 1.29 is 19.0 Å². The van der Waals surface area contributed by atoms with Gasteiger partial charge in [-0.15, -0.1) is 0 Å². The zero-order valence-electron chi connectivity index (χ0n) is 15.7. The van der Waals surface area contributed by atoms with Crippen LogP contribution >= 0.6 is 0 Å². The van der Waals surface area contributed by atoms with E-state index in [1.54, 1.807) is 42.6 Å². The van der Waals surface area contributed by atoms with Gasteiger partial charge in [-0.1, -0.05) is 25.1 Å². The number of methoxy groups -OCH3 is 1. The number of ether oxygens (including phenoxy) is 3. The Morgan fingerprint density at radius 2 is 2.00 bits per heavy atom. The Labute approximate surface area is 163 Å². The Morgan fingerprint density at radius 1 is 1.18 bits per heavy atom. The number of para-hydroxylation sites is 2. The summed E-state index contributed by atoms with van der Waals surface area (Å²) in [5.41, 5.74) is 1.20. The van der Waals surface area contributed by atoms with Crippen LogP contribution in [0.4, 0.5) is 4.79 Å². The largest absolute Gasteiger partial charge is 0.497 e. The quantitative estimate of drug-likeness (QED) is 0.752. The molecular formula is C21H21N3O4. The molecule has 0 spiro atoms. The van der Waals surface area contributed by atoms with E-state index in [0.29, 0.717) is 29.6 Å². The van der Waals surface area contributed by atoms with Crippen LogP contribution in [-0.4, -0.2) is 35.7 Å². The molecular weight excluding hydrogens is 358 g/mol. The van der Waals surface area contributed by atoms with Crippen LogP contribution in [0.3, 0.4) is 0 Å². The lowest BCUT2D eigenvalue weighted by Gasteiger charge is -2.20. The summed E-state index contributed by atoms with van der Waals surface area (Å²) in [5.74, 6) is 1.25. The van der Waals surface area contributed by atoms with Gasteiger partial charge >= 0.3 is 6.09 Å². The topological polar surface area (TPSA) is 82.9 Å². The van der Waals surface area contributed by atoms with E-state index in [-0.39, 0.29) is 5.92 Å². The summed E-state index contributed by atoms with van der Waals surface area (Å²) in [4.78, 5) is 16.2. The molecule has 3 rings (SSSR count). The maximum absolute atomic E-state index is 12.2. The molecule has 0 fully saturated rings. The third-order valence-electron chi connectivity index (χ3n) is 3.93. The second-order valence-electron chi connectivity index (χ2n) is 5.94. The lowest BCUT2D eigenvalue weighted by Crippen LogP contribution is -2.14. The summed E-state index contributed by atoms with van der Waals surface area (Å²) in [6, 6.07) is 10.6. The summed E-state index contributed by atoms with van der Waals surface area (Å²) in [6.07, 6.45) is 7.07. The molecule has 1 heterocycles. The molecule has 0 radical (unpaired) electrons. The number of rotatable bonds is 6. The molecule has 1 unspecified atom stereocenters. The van der Waals surface area contributed by atoms with Crippen molar-refractivity contribution in [2.75, 3.05) is 13.7 Å². The summed E-state index contributed by atoms with van der Waals surface area (Å²) >= 11 is 0. The molecule has 1 aliphatic carbocycles. The van der Waals surface area contributed by atoms with Crippen LogP contribution in [0.15, 0.2) is 71.6 Å². The predicted octanol–water partition coefficient (Wildman–Crippen LogP) is 4.09. The van der Waals surface area contributed by atoms with Crippen molar-refractivity contribution in [3.63, 3.8) is 0 Å². The third kappa shape index (κ3) is 4.82. The Bertz CT molecular complexity index is 907. The zero-order chi connectivity index (χ0) is 19.8. The van der Waals surface area contributed by atoms with Crippen molar-refractivity contribution in [2.24, 2.45) is 4.99 Å². The average Bonchev–Trinajstić information content (AvgIpc) is 2.73. The van der Waals surface area contributed by atoms with Gasteiger partial charge in [0.05, 0.1) is 31.0 Å². The van der Waals surface area contributed by atoms with Crippen molar-refractivity contribution in [3.05, 3.63) is 72.3 Å². The number of aliphatic imine (C=N–C) groups is 1. The number of nitrogens with zero attached hydrogens (tertiary/aromatic N) is 3. The molecule has 7 heteroatoms. The third-order valence-corrected chi connectivity index (χ3v) is 3.93. The second kappa shape index (κ2) is 9.45. The first-order chi connectivity index (χ1) is 13.7. The summed E-state index contributed by atoms with van der Waals surface area (Å²) in [6.45, 7) is 2.57. The molecule has 0 aliphatic heterocycles. The summed E-state index contributed by atoms with van der Waals surface area (Å²) in [7, 11) is 1.51. The monoisotopic (exact) mass is 379 g/mol. The van der Waals surface area contributed by atoms with E-state index in [2.05, 4.69) is 15.2 Å². The van der Waals surface area contributed by atoms with E-state index in [9.17, 15) is 4.79 Å². The van der Waals surface area contributed by atoms with E-state index in [1.165, 1.54) is 7.11 Å². The van der Waals surface area contributed by atoms with E-state index >= 15 is 0 Å². The lowest BCUT2D eigenvalue weighted by molar-refractivity contribution is 0.199. The number of benzene rings is 1. The average molecular weight is 379 g/mol. The van der Waals surface area contributed by atoms with Gasteiger partial charge in [0, 0.05) is 12.3 Å². The molecule has 2 aromatic rings. The molecule has 1 aliphatic rings. The highest BCUT2D eigenvalue weighted by molar-refractivity contribution is 6.09. The number of carbonyl (C=O) groups is 1. The molecule has 1 atom stereocenters. The first-order valence-electron chi connectivity index (χ1n) is 8.95. The highest BCUT2D eigenvalue weighted by Crippen LogP contribution is 2.29. The van der Waals surface area contributed by atoms with E-state index in [1.807, 2.05) is 25.1 Å². The molecule has 0 bridgehead atoms. The SMILES string of the molecule is CCCOC1=C/C(=N/C(=O)Oc2ccccc2OC)C=CC1c1cccnn1. The fourth-order valence-corrected chi connectivity index (χ4v) is 2.64. The summed E-state index contributed by atoms with van der Waals surface area (Å²) < 4.78 is 16.3. The van der Waals surface area contributed by atoms with Gasteiger partial charge in [0.1, 0.15) is 5.76 Å². The van der Waals surface area contributed by atoms with Gasteiger partial charge in [-0.3, -0.25) is 0 Å². The van der Waals surface area contributed by atoms with Crippen LogP contribution in [0.2, 0.25) is 0 Å². The molecule has 0 saturated heterocycles. The fraction of sp³-hybridized carbons (Fsp3) is 0.238. The number of hydrogen-bond donors (Lipinski definition) is 0. The maximum atomic E-state index is 12.2. The molecule has 0 saturated carbocycles. The molecule has 1 amide bonds. The van der Waals surface area contributed by atoms with Gasteiger partial charge in [-0.25, -0.2) is 4.79 Å². The molecule has 1 aromatic heterocycles. The van der Waals surface area contributed by atoms with Crippen LogP contribution in [-0.2, 0) is 4.74 Å². The Morgan fingerprint density at radius 3 is 2.71 bits per heavy atom. The lowest BCUT2D eigenvalue weighted by atomic mass is 9.96. The van der Waals surface area contributed by atoms with E-state index in [0.717, 1.165) is 12.1 Å². The number of amides is 1. The minimum atomic E-state index is -0.742. The van der Waals surface area contributed by atoms with Crippen LogP contribution in [0, 0.1) is 0 Å². The van der Waals surface area contributed by atoms with Crippen molar-refractivity contribution in [3.8, 4) is 11.5 Å². The maximum Gasteiger partial charge on any atom is 0.439 e. The Hall–Kier alpha value is -3.48. The number of aromatic nitrogens is 2. The molecule has 144 valence electrons. The van der Waals surface area contributed by atoms with Crippen LogP contribution in [0.1, 0.15) is 25.0 Å². The Kier molecular flexibility index (Phi) is 6.51. The van der Waals surface area contributed by atoms with Gasteiger partial charge in [0.25, 0.3) is 0 Å². The van der Waals surface area contributed by atoms with Gasteiger partial charge in [-0.2, -0.15) is 15.2 Å². The second-order valence-corrected chi connectivity index (χ2v) is 5.94. The van der Waals surface area contributed by atoms with Crippen LogP contribution < -0.4 is 9.47 Å². The minimum absolute atomic E-state index is 0.176. The molecule has 28 heavy (non-hydrogen) atoms. The van der Waals surface area contributed by atoms with Crippen molar-refractivity contribution >= 4 is 11.8 Å². The summed E-state index contributed by atoms with van der Waals surface area (Å²) in [5, 5.41) is 8.08. The fourth-order valence-electron chi connectivity index (χ4n) is 2.64. The first kappa shape index (κ1) is 19.3. The van der Waals surface area contributed by atoms with Crippen molar-refractivity contribution in [1.82, 2.24) is 10.2 Å². The number of carbonyl (C=O) groups excluding carboxylic acids is 1.